The summed E-state index contributed by atoms with van der Waals surface area (Å²) in [6.45, 7) is 1.61. The van der Waals surface area contributed by atoms with Gasteiger partial charge in [0.25, 0.3) is 0 Å². The van der Waals surface area contributed by atoms with Gasteiger partial charge in [0.2, 0.25) is 0 Å². The topological polar surface area (TPSA) is 22.1 Å². The number of alkyl halides is 1. The summed E-state index contributed by atoms with van der Waals surface area (Å²) in [7, 11) is 1.64. The Morgan fingerprint density at radius 1 is 1.64 bits per heavy atom. The van der Waals surface area contributed by atoms with Crippen LogP contribution in [0, 0.1) is 0 Å². The van der Waals surface area contributed by atoms with Crippen molar-refractivity contribution in [2.45, 2.75) is 31.5 Å². The van der Waals surface area contributed by atoms with Gasteiger partial charge < -0.3 is 4.74 Å². The minimum absolute atomic E-state index is 0.0463. The average Bonchev–Trinajstić information content (AvgIpc) is 2.18. The molecule has 0 saturated carbocycles. The lowest BCUT2D eigenvalue weighted by Gasteiger charge is -2.32. The number of rotatable bonds is 1. The van der Waals surface area contributed by atoms with Gasteiger partial charge in [-0.25, -0.2) is 4.39 Å². The summed E-state index contributed by atoms with van der Waals surface area (Å²) in [5.41, 5.74) is 0.183. The second-order valence-corrected chi connectivity index (χ2v) is 3.90. The molecule has 0 aromatic carbocycles. The minimum Gasteiger partial charge on any atom is -0.375 e. The maximum Gasteiger partial charge on any atom is 0.135 e. The van der Waals surface area contributed by atoms with Gasteiger partial charge >= 0.3 is 0 Å². The minimum atomic E-state index is -1.25. The molecule has 0 fully saturated rings. The standard InChI is InChI=1S/C11H14FNO/c1-11(12)6-5-9(14-2)10-8(11)4-3-7-13-10/h3-4,7,9H,5-6H2,1-2H3/t9-,11+/m1/s1. The van der Waals surface area contributed by atoms with Crippen LogP contribution >= 0.6 is 0 Å². The first kappa shape index (κ1) is 9.59. The highest BCUT2D eigenvalue weighted by molar-refractivity contribution is 5.30. The van der Waals surface area contributed by atoms with E-state index in [1.807, 2.05) is 0 Å². The van der Waals surface area contributed by atoms with E-state index >= 15 is 0 Å². The first-order valence-corrected chi connectivity index (χ1v) is 4.82. The zero-order valence-electron chi connectivity index (χ0n) is 8.46. The highest BCUT2D eigenvalue weighted by atomic mass is 19.1. The van der Waals surface area contributed by atoms with Crippen LogP contribution in [0.15, 0.2) is 18.3 Å². The Morgan fingerprint density at radius 3 is 3.14 bits per heavy atom. The molecule has 1 heterocycles. The van der Waals surface area contributed by atoms with Gasteiger partial charge in [-0.05, 0) is 25.8 Å². The molecule has 0 aliphatic heterocycles. The fraction of sp³-hybridized carbons (Fsp3) is 0.545. The van der Waals surface area contributed by atoms with Crippen LogP contribution in [0.25, 0.3) is 0 Å². The molecule has 14 heavy (non-hydrogen) atoms. The Hall–Kier alpha value is -0.960. The number of fused-ring (bicyclic) bond motifs is 1. The van der Waals surface area contributed by atoms with Crippen LogP contribution in [0.4, 0.5) is 4.39 Å². The van der Waals surface area contributed by atoms with Crippen molar-refractivity contribution >= 4 is 0 Å². The van der Waals surface area contributed by atoms with Gasteiger partial charge in [-0.1, -0.05) is 6.07 Å². The van der Waals surface area contributed by atoms with Crippen LogP contribution in [-0.4, -0.2) is 12.1 Å². The fourth-order valence-electron chi connectivity index (χ4n) is 2.02. The lowest BCUT2D eigenvalue weighted by Crippen LogP contribution is -2.26. The van der Waals surface area contributed by atoms with Crippen molar-refractivity contribution in [3.8, 4) is 0 Å². The summed E-state index contributed by atoms with van der Waals surface area (Å²) in [4.78, 5) is 4.20. The summed E-state index contributed by atoms with van der Waals surface area (Å²) in [5.74, 6) is 0. The van der Waals surface area contributed by atoms with Crippen molar-refractivity contribution in [3.63, 3.8) is 0 Å². The van der Waals surface area contributed by atoms with Crippen LogP contribution in [-0.2, 0) is 10.4 Å². The number of halogens is 1. The van der Waals surface area contributed by atoms with E-state index in [9.17, 15) is 4.39 Å². The number of hydrogen-bond donors (Lipinski definition) is 0. The number of pyridine rings is 1. The molecular formula is C11H14FNO. The summed E-state index contributed by atoms with van der Waals surface area (Å²) in [6.07, 6.45) is 2.85. The smallest absolute Gasteiger partial charge is 0.135 e. The Kier molecular flexibility index (Phi) is 2.27. The van der Waals surface area contributed by atoms with Crippen molar-refractivity contribution < 1.29 is 9.13 Å². The summed E-state index contributed by atoms with van der Waals surface area (Å²) in [5, 5.41) is 0. The van der Waals surface area contributed by atoms with Gasteiger partial charge in [0, 0.05) is 18.9 Å². The van der Waals surface area contributed by atoms with E-state index in [2.05, 4.69) is 4.98 Å². The quantitative estimate of drug-likeness (QED) is 0.687. The molecule has 1 aromatic rings. The third-order valence-electron chi connectivity index (χ3n) is 2.87. The van der Waals surface area contributed by atoms with Crippen LogP contribution in [0.2, 0.25) is 0 Å². The predicted octanol–water partition coefficient (Wildman–Crippen LogP) is 2.75. The Balaban J connectivity index is 2.49. The highest BCUT2D eigenvalue weighted by Gasteiger charge is 2.36. The van der Waals surface area contributed by atoms with Crippen LogP contribution in [0.1, 0.15) is 37.1 Å². The molecule has 0 spiro atoms. The second-order valence-electron chi connectivity index (χ2n) is 3.90. The molecule has 1 aliphatic carbocycles. The van der Waals surface area contributed by atoms with E-state index < -0.39 is 5.67 Å². The molecule has 2 atom stereocenters. The monoisotopic (exact) mass is 195 g/mol. The second kappa shape index (κ2) is 3.31. The number of ether oxygens (including phenoxy) is 1. The molecule has 0 radical (unpaired) electrons. The molecule has 2 rings (SSSR count). The van der Waals surface area contributed by atoms with Gasteiger partial charge in [-0.15, -0.1) is 0 Å². The van der Waals surface area contributed by atoms with E-state index in [-0.39, 0.29) is 6.10 Å². The third-order valence-corrected chi connectivity index (χ3v) is 2.87. The molecular weight excluding hydrogens is 181 g/mol. The molecule has 2 nitrogen and oxygen atoms in total. The predicted molar refractivity (Wildman–Crippen MR) is 51.7 cm³/mol. The fourth-order valence-corrected chi connectivity index (χ4v) is 2.02. The largest absolute Gasteiger partial charge is 0.375 e. The zero-order chi connectivity index (χ0) is 10.2. The molecule has 1 aromatic heterocycles. The Bertz CT molecular complexity index is 338. The van der Waals surface area contributed by atoms with E-state index in [0.29, 0.717) is 18.4 Å². The lowest BCUT2D eigenvalue weighted by molar-refractivity contribution is 0.0447. The summed E-state index contributed by atoms with van der Waals surface area (Å²) >= 11 is 0. The van der Waals surface area contributed by atoms with Crippen molar-refractivity contribution in [1.29, 1.82) is 0 Å². The van der Waals surface area contributed by atoms with E-state index in [4.69, 9.17) is 4.74 Å². The van der Waals surface area contributed by atoms with Crippen LogP contribution in [0.3, 0.4) is 0 Å². The van der Waals surface area contributed by atoms with Crippen molar-refractivity contribution in [2.24, 2.45) is 0 Å². The molecule has 0 unspecified atom stereocenters. The normalized spacial score (nSPS) is 31.2. The molecule has 0 saturated heterocycles. The number of methoxy groups -OCH3 is 1. The highest BCUT2D eigenvalue weighted by Crippen LogP contribution is 2.42. The lowest BCUT2D eigenvalue weighted by atomic mass is 9.83. The first-order chi connectivity index (χ1) is 6.65. The van der Waals surface area contributed by atoms with Gasteiger partial charge in [0.05, 0.1) is 11.8 Å². The van der Waals surface area contributed by atoms with Crippen LogP contribution < -0.4 is 0 Å². The summed E-state index contributed by atoms with van der Waals surface area (Å²) in [6, 6.07) is 3.57. The molecule has 1 aliphatic rings. The SMILES string of the molecule is CO[C@@H]1CC[C@](C)(F)c2cccnc21. The van der Waals surface area contributed by atoms with E-state index in [1.165, 1.54) is 0 Å². The Labute approximate surface area is 83.1 Å². The van der Waals surface area contributed by atoms with Gasteiger partial charge in [-0.2, -0.15) is 0 Å². The van der Waals surface area contributed by atoms with Gasteiger partial charge in [0.1, 0.15) is 5.67 Å². The van der Waals surface area contributed by atoms with Crippen molar-refractivity contribution in [3.05, 3.63) is 29.6 Å². The van der Waals surface area contributed by atoms with E-state index in [0.717, 1.165) is 5.69 Å². The summed E-state index contributed by atoms with van der Waals surface area (Å²) < 4.78 is 19.4. The molecule has 0 N–H and O–H groups in total. The average molecular weight is 195 g/mol. The number of nitrogens with zero attached hydrogens (tertiary/aromatic N) is 1. The third kappa shape index (κ3) is 1.42. The van der Waals surface area contributed by atoms with Crippen molar-refractivity contribution in [2.75, 3.05) is 7.11 Å². The molecule has 3 heteroatoms. The Morgan fingerprint density at radius 2 is 2.43 bits per heavy atom. The first-order valence-electron chi connectivity index (χ1n) is 4.82. The number of hydrogen-bond acceptors (Lipinski definition) is 2. The van der Waals surface area contributed by atoms with Crippen molar-refractivity contribution in [1.82, 2.24) is 4.98 Å². The number of aromatic nitrogens is 1. The van der Waals surface area contributed by atoms with E-state index in [1.54, 1.807) is 32.4 Å². The molecule has 0 bridgehead atoms. The zero-order valence-corrected chi connectivity index (χ0v) is 8.46. The van der Waals surface area contributed by atoms with Gasteiger partial charge in [-0.3, -0.25) is 4.98 Å². The molecule has 0 amide bonds. The molecule has 76 valence electrons. The van der Waals surface area contributed by atoms with Crippen LogP contribution in [0.5, 0.6) is 0 Å². The maximum atomic E-state index is 14.1. The van der Waals surface area contributed by atoms with Gasteiger partial charge in [0.15, 0.2) is 0 Å². The maximum absolute atomic E-state index is 14.1.